The lowest BCUT2D eigenvalue weighted by molar-refractivity contribution is 0.181. The fourth-order valence-corrected chi connectivity index (χ4v) is 4.87. The third kappa shape index (κ3) is 4.69. The highest BCUT2D eigenvalue weighted by Gasteiger charge is 2.29. The first-order chi connectivity index (χ1) is 12.0. The SMILES string of the molecule is COc1cccc(CN2CCN(S(=O)(=O)c3ccccc3Cl)CC2)c1.Cl. The maximum Gasteiger partial charge on any atom is 0.244 e. The van der Waals surface area contributed by atoms with E-state index in [4.69, 9.17) is 16.3 Å². The number of hydrogen-bond donors (Lipinski definition) is 0. The van der Waals surface area contributed by atoms with E-state index in [1.807, 2.05) is 18.2 Å². The number of piperazine rings is 1. The lowest BCUT2D eigenvalue weighted by Crippen LogP contribution is -2.48. The first-order valence-corrected chi connectivity index (χ1v) is 9.92. The molecule has 3 rings (SSSR count). The molecule has 0 aliphatic carbocycles. The van der Waals surface area contributed by atoms with Crippen molar-refractivity contribution in [3.8, 4) is 5.75 Å². The molecule has 0 atom stereocenters. The van der Waals surface area contributed by atoms with Crippen molar-refractivity contribution >= 4 is 34.0 Å². The highest BCUT2D eigenvalue weighted by atomic mass is 35.5. The second-order valence-corrected chi connectivity index (χ2v) is 8.28. The van der Waals surface area contributed by atoms with Crippen molar-refractivity contribution in [2.75, 3.05) is 33.3 Å². The largest absolute Gasteiger partial charge is 0.497 e. The molecule has 0 amide bonds. The van der Waals surface area contributed by atoms with Crippen LogP contribution in [0.3, 0.4) is 0 Å². The molecule has 0 N–H and O–H groups in total. The summed E-state index contributed by atoms with van der Waals surface area (Å²) in [6, 6.07) is 14.5. The summed E-state index contributed by atoms with van der Waals surface area (Å²) < 4.78 is 32.3. The summed E-state index contributed by atoms with van der Waals surface area (Å²) >= 11 is 6.06. The van der Waals surface area contributed by atoms with Crippen molar-refractivity contribution in [1.29, 1.82) is 0 Å². The minimum absolute atomic E-state index is 0. The molecule has 0 radical (unpaired) electrons. The zero-order chi connectivity index (χ0) is 17.9. The molecule has 0 aromatic heterocycles. The van der Waals surface area contributed by atoms with Crippen molar-refractivity contribution in [2.45, 2.75) is 11.4 Å². The molecule has 8 heteroatoms. The third-order valence-electron chi connectivity index (χ3n) is 4.33. The van der Waals surface area contributed by atoms with Crippen LogP contribution in [0.5, 0.6) is 5.75 Å². The second kappa shape index (κ2) is 9.06. The predicted octanol–water partition coefficient (Wildman–Crippen LogP) is 3.28. The molecular weight excluding hydrogens is 395 g/mol. The molecule has 2 aromatic carbocycles. The molecule has 1 aliphatic rings. The van der Waals surface area contributed by atoms with Gasteiger partial charge in [-0.05, 0) is 29.8 Å². The lowest BCUT2D eigenvalue weighted by atomic mass is 10.2. The number of nitrogens with zero attached hydrogens (tertiary/aromatic N) is 2. The van der Waals surface area contributed by atoms with E-state index in [0.717, 1.165) is 17.9 Å². The molecule has 5 nitrogen and oxygen atoms in total. The van der Waals surface area contributed by atoms with Gasteiger partial charge in [-0.2, -0.15) is 4.31 Å². The van der Waals surface area contributed by atoms with Crippen LogP contribution in [-0.2, 0) is 16.6 Å². The summed E-state index contributed by atoms with van der Waals surface area (Å²) in [5.41, 5.74) is 1.15. The van der Waals surface area contributed by atoms with Crippen molar-refractivity contribution in [3.63, 3.8) is 0 Å². The molecular formula is C18H22Cl2N2O3S. The predicted molar refractivity (Wildman–Crippen MR) is 106 cm³/mol. The van der Waals surface area contributed by atoms with Gasteiger partial charge in [-0.1, -0.05) is 35.9 Å². The number of ether oxygens (including phenoxy) is 1. The summed E-state index contributed by atoms with van der Waals surface area (Å²) in [6.07, 6.45) is 0. The van der Waals surface area contributed by atoms with E-state index in [1.54, 1.807) is 31.4 Å². The van der Waals surface area contributed by atoms with Crippen LogP contribution >= 0.6 is 24.0 Å². The van der Waals surface area contributed by atoms with E-state index in [2.05, 4.69) is 11.0 Å². The van der Waals surface area contributed by atoms with Crippen LogP contribution in [0.4, 0.5) is 0 Å². The van der Waals surface area contributed by atoms with Crippen LogP contribution in [0.25, 0.3) is 0 Å². The van der Waals surface area contributed by atoms with E-state index in [1.165, 1.54) is 4.31 Å². The Morgan fingerprint density at radius 2 is 1.73 bits per heavy atom. The molecule has 0 bridgehead atoms. The molecule has 1 aliphatic heterocycles. The smallest absolute Gasteiger partial charge is 0.244 e. The molecule has 26 heavy (non-hydrogen) atoms. The number of hydrogen-bond acceptors (Lipinski definition) is 4. The van der Waals surface area contributed by atoms with Gasteiger partial charge in [0.05, 0.1) is 12.1 Å². The van der Waals surface area contributed by atoms with Crippen LogP contribution < -0.4 is 4.74 Å². The van der Waals surface area contributed by atoms with Gasteiger partial charge in [-0.3, -0.25) is 4.90 Å². The zero-order valence-electron chi connectivity index (χ0n) is 14.5. The van der Waals surface area contributed by atoms with E-state index in [0.29, 0.717) is 26.2 Å². The minimum Gasteiger partial charge on any atom is -0.497 e. The Hall–Kier alpha value is -1.31. The van der Waals surface area contributed by atoms with Crippen molar-refractivity contribution in [1.82, 2.24) is 9.21 Å². The first kappa shape index (κ1) is 21.0. The summed E-state index contributed by atoms with van der Waals surface area (Å²) in [6.45, 7) is 3.05. The zero-order valence-corrected chi connectivity index (χ0v) is 16.9. The Morgan fingerprint density at radius 1 is 1.04 bits per heavy atom. The average Bonchev–Trinajstić information content (AvgIpc) is 2.62. The Kier molecular flexibility index (Phi) is 7.32. The van der Waals surface area contributed by atoms with E-state index in [-0.39, 0.29) is 22.3 Å². The molecule has 1 fully saturated rings. The van der Waals surface area contributed by atoms with Crippen molar-refractivity contribution in [2.24, 2.45) is 0 Å². The second-order valence-electron chi connectivity index (χ2n) is 5.96. The topological polar surface area (TPSA) is 49.9 Å². The van der Waals surface area contributed by atoms with Crippen molar-refractivity contribution in [3.05, 3.63) is 59.1 Å². The van der Waals surface area contributed by atoms with Gasteiger partial charge in [0.1, 0.15) is 10.6 Å². The summed E-state index contributed by atoms with van der Waals surface area (Å²) in [5, 5.41) is 0.265. The van der Waals surface area contributed by atoms with Gasteiger partial charge < -0.3 is 4.74 Å². The fraction of sp³-hybridized carbons (Fsp3) is 0.333. The van der Waals surface area contributed by atoms with E-state index >= 15 is 0 Å². The van der Waals surface area contributed by atoms with Gasteiger partial charge in [0, 0.05) is 32.7 Å². The lowest BCUT2D eigenvalue weighted by Gasteiger charge is -2.34. The normalized spacial score (nSPS) is 16.1. The summed E-state index contributed by atoms with van der Waals surface area (Å²) in [7, 11) is -1.89. The molecule has 142 valence electrons. The van der Waals surface area contributed by atoms with Gasteiger partial charge in [-0.25, -0.2) is 8.42 Å². The number of halogens is 2. The van der Waals surface area contributed by atoms with Gasteiger partial charge in [0.2, 0.25) is 10.0 Å². The fourth-order valence-electron chi connectivity index (χ4n) is 2.95. The number of benzene rings is 2. The van der Waals surface area contributed by atoms with Gasteiger partial charge >= 0.3 is 0 Å². The van der Waals surface area contributed by atoms with Gasteiger partial charge in [0.25, 0.3) is 0 Å². The van der Waals surface area contributed by atoms with Crippen LogP contribution in [0, 0.1) is 0 Å². The molecule has 1 heterocycles. The highest BCUT2D eigenvalue weighted by Crippen LogP contribution is 2.25. The van der Waals surface area contributed by atoms with Crippen LogP contribution in [0.1, 0.15) is 5.56 Å². The van der Waals surface area contributed by atoms with Crippen LogP contribution in [0.2, 0.25) is 5.02 Å². The Bertz CT molecular complexity index is 838. The third-order valence-corrected chi connectivity index (χ3v) is 6.72. The molecule has 2 aromatic rings. The maximum atomic E-state index is 12.8. The number of sulfonamides is 1. The monoisotopic (exact) mass is 416 g/mol. The first-order valence-electron chi connectivity index (χ1n) is 8.10. The number of methoxy groups -OCH3 is 1. The van der Waals surface area contributed by atoms with E-state index < -0.39 is 10.0 Å². The summed E-state index contributed by atoms with van der Waals surface area (Å²) in [4.78, 5) is 2.42. The standard InChI is InChI=1S/C18H21ClN2O3S.ClH/c1-24-16-6-4-5-15(13-16)14-20-9-11-21(12-10-20)25(22,23)18-8-3-2-7-17(18)19;/h2-8,13H,9-12,14H2,1H3;1H. The Labute approximate surface area is 166 Å². The highest BCUT2D eigenvalue weighted by molar-refractivity contribution is 7.89. The van der Waals surface area contributed by atoms with Gasteiger partial charge in [0.15, 0.2) is 0 Å². The Morgan fingerprint density at radius 3 is 2.38 bits per heavy atom. The van der Waals surface area contributed by atoms with E-state index in [9.17, 15) is 8.42 Å². The van der Waals surface area contributed by atoms with Crippen LogP contribution in [0.15, 0.2) is 53.4 Å². The van der Waals surface area contributed by atoms with Gasteiger partial charge in [-0.15, -0.1) is 12.4 Å². The molecule has 0 spiro atoms. The average molecular weight is 417 g/mol. The van der Waals surface area contributed by atoms with Crippen molar-refractivity contribution < 1.29 is 13.2 Å². The summed E-state index contributed by atoms with van der Waals surface area (Å²) in [5.74, 6) is 0.831. The maximum absolute atomic E-state index is 12.8. The molecule has 0 saturated carbocycles. The van der Waals surface area contributed by atoms with Crippen LogP contribution in [-0.4, -0.2) is 50.9 Å². The minimum atomic E-state index is -3.54. The number of rotatable bonds is 5. The quantitative estimate of drug-likeness (QED) is 0.750. The Balaban J connectivity index is 0.00000243. The molecule has 0 unspecified atom stereocenters. The molecule has 1 saturated heterocycles.